The number of carbonyl (C=O) groups is 1. The van der Waals surface area contributed by atoms with Crippen molar-refractivity contribution < 1.29 is 4.79 Å². The van der Waals surface area contributed by atoms with E-state index in [1.54, 1.807) is 0 Å². The molecule has 2 unspecified atom stereocenters. The molecular formula is C17H35N3O. The first-order valence-corrected chi connectivity index (χ1v) is 8.81. The van der Waals surface area contributed by atoms with E-state index in [-0.39, 0.29) is 11.9 Å². The van der Waals surface area contributed by atoms with Crippen LogP contribution in [-0.2, 0) is 4.79 Å². The van der Waals surface area contributed by atoms with E-state index in [0.29, 0.717) is 6.04 Å². The average Bonchev–Trinajstić information content (AvgIpc) is 2.53. The predicted molar refractivity (Wildman–Crippen MR) is 89.4 cm³/mol. The van der Waals surface area contributed by atoms with Crippen LogP contribution in [0, 0.1) is 5.92 Å². The van der Waals surface area contributed by atoms with Crippen molar-refractivity contribution in [2.45, 2.75) is 66.0 Å². The number of hydrogen-bond donors (Lipinski definition) is 1. The molecule has 2 atom stereocenters. The Labute approximate surface area is 131 Å². The average molecular weight is 297 g/mol. The summed E-state index contributed by atoms with van der Waals surface area (Å²) in [7, 11) is 0. The second kappa shape index (κ2) is 9.42. The maximum absolute atomic E-state index is 12.4. The Bertz CT molecular complexity index is 296. The number of hydrogen-bond acceptors (Lipinski definition) is 3. The van der Waals surface area contributed by atoms with Crippen LogP contribution in [0.3, 0.4) is 0 Å². The molecule has 124 valence electrons. The molecule has 1 heterocycles. The molecule has 0 radical (unpaired) electrons. The molecule has 1 amide bonds. The van der Waals surface area contributed by atoms with Gasteiger partial charge in [0.2, 0.25) is 5.91 Å². The van der Waals surface area contributed by atoms with Gasteiger partial charge in [-0.25, -0.2) is 0 Å². The van der Waals surface area contributed by atoms with E-state index in [9.17, 15) is 4.79 Å². The number of nitrogens with zero attached hydrogens (tertiary/aromatic N) is 2. The van der Waals surface area contributed by atoms with Gasteiger partial charge < -0.3 is 10.2 Å². The van der Waals surface area contributed by atoms with E-state index in [4.69, 9.17) is 0 Å². The second-order valence-electron chi connectivity index (χ2n) is 6.30. The lowest BCUT2D eigenvalue weighted by Gasteiger charge is -2.39. The predicted octanol–water partition coefficient (Wildman–Crippen LogP) is 2.34. The van der Waals surface area contributed by atoms with Gasteiger partial charge in [-0.1, -0.05) is 6.92 Å². The molecule has 21 heavy (non-hydrogen) atoms. The van der Waals surface area contributed by atoms with E-state index in [1.807, 2.05) is 4.90 Å². The van der Waals surface area contributed by atoms with Crippen molar-refractivity contribution in [2.24, 2.45) is 5.92 Å². The van der Waals surface area contributed by atoms with Gasteiger partial charge in [0.15, 0.2) is 0 Å². The summed E-state index contributed by atoms with van der Waals surface area (Å²) in [6, 6.07) is 0.630. The molecule has 0 spiro atoms. The van der Waals surface area contributed by atoms with Crippen molar-refractivity contribution in [2.75, 3.05) is 32.7 Å². The minimum atomic E-state index is 0.0322. The van der Waals surface area contributed by atoms with Gasteiger partial charge in [-0.2, -0.15) is 0 Å². The van der Waals surface area contributed by atoms with Crippen LogP contribution in [0.1, 0.15) is 53.9 Å². The number of rotatable bonds is 8. The van der Waals surface area contributed by atoms with Gasteiger partial charge in [0.05, 0.1) is 6.04 Å². The van der Waals surface area contributed by atoms with Crippen molar-refractivity contribution in [3.05, 3.63) is 0 Å². The van der Waals surface area contributed by atoms with E-state index in [1.165, 1.54) is 19.3 Å². The number of likely N-dealkylation sites (tertiary alicyclic amines) is 1. The molecular weight excluding hydrogens is 262 g/mol. The molecule has 1 fully saturated rings. The van der Waals surface area contributed by atoms with Crippen LogP contribution in [0.15, 0.2) is 0 Å². The van der Waals surface area contributed by atoms with Crippen molar-refractivity contribution in [3.63, 3.8) is 0 Å². The molecule has 1 aliphatic heterocycles. The van der Waals surface area contributed by atoms with Crippen molar-refractivity contribution in [3.8, 4) is 0 Å². The maximum Gasteiger partial charge on any atom is 0.239 e. The first-order chi connectivity index (χ1) is 10.0. The smallest absolute Gasteiger partial charge is 0.239 e. The number of likely N-dealkylation sites (N-methyl/N-ethyl adjacent to an activating group) is 1. The molecule has 1 saturated heterocycles. The van der Waals surface area contributed by atoms with Gasteiger partial charge >= 0.3 is 0 Å². The van der Waals surface area contributed by atoms with Gasteiger partial charge in [0, 0.05) is 19.1 Å². The summed E-state index contributed by atoms with van der Waals surface area (Å²) in [6.45, 7) is 15.5. The molecule has 1 aliphatic rings. The van der Waals surface area contributed by atoms with Gasteiger partial charge in [-0.15, -0.1) is 0 Å². The molecule has 0 bridgehead atoms. The van der Waals surface area contributed by atoms with Crippen LogP contribution in [0.25, 0.3) is 0 Å². The summed E-state index contributed by atoms with van der Waals surface area (Å²) in [4.78, 5) is 16.7. The molecule has 4 nitrogen and oxygen atoms in total. The van der Waals surface area contributed by atoms with E-state index < -0.39 is 0 Å². The zero-order valence-electron chi connectivity index (χ0n) is 14.7. The zero-order valence-corrected chi connectivity index (χ0v) is 14.7. The normalized spacial score (nSPS) is 20.2. The first kappa shape index (κ1) is 18.4. The Hall–Kier alpha value is -0.610. The van der Waals surface area contributed by atoms with Crippen molar-refractivity contribution >= 4 is 5.91 Å². The number of carbonyl (C=O) groups excluding carboxylic acids is 1. The SMILES string of the molecule is CCCNC(C)C1CCN(C(C)C(=O)N(CC)CC)CC1. The van der Waals surface area contributed by atoms with Crippen LogP contribution >= 0.6 is 0 Å². The van der Waals surface area contributed by atoms with Crippen LogP contribution < -0.4 is 5.32 Å². The second-order valence-corrected chi connectivity index (χ2v) is 6.30. The van der Waals surface area contributed by atoms with Gasteiger partial charge in [0.1, 0.15) is 0 Å². The maximum atomic E-state index is 12.4. The molecule has 1 N–H and O–H groups in total. The minimum absolute atomic E-state index is 0.0322. The van der Waals surface area contributed by atoms with E-state index >= 15 is 0 Å². The lowest BCUT2D eigenvalue weighted by molar-refractivity contribution is -0.136. The Morgan fingerprint density at radius 2 is 1.76 bits per heavy atom. The Balaban J connectivity index is 2.43. The third kappa shape index (κ3) is 5.26. The van der Waals surface area contributed by atoms with Gasteiger partial charge in [0.25, 0.3) is 0 Å². The highest BCUT2D eigenvalue weighted by atomic mass is 16.2. The van der Waals surface area contributed by atoms with Gasteiger partial charge in [-0.05, 0) is 72.5 Å². The summed E-state index contributed by atoms with van der Waals surface area (Å²) >= 11 is 0. The third-order valence-corrected chi connectivity index (χ3v) is 4.98. The Kier molecular flexibility index (Phi) is 8.27. The molecule has 0 aliphatic carbocycles. The fourth-order valence-corrected chi connectivity index (χ4v) is 3.30. The summed E-state index contributed by atoms with van der Waals surface area (Å²) < 4.78 is 0. The summed E-state index contributed by atoms with van der Waals surface area (Å²) in [5, 5.41) is 3.61. The van der Waals surface area contributed by atoms with Crippen LogP contribution in [0.2, 0.25) is 0 Å². The standard InChI is InChI=1S/C17H35N3O/c1-6-11-18-14(4)16-9-12-20(13-10-16)15(5)17(21)19(7-2)8-3/h14-16,18H,6-13H2,1-5H3. The molecule has 4 heteroatoms. The highest BCUT2D eigenvalue weighted by molar-refractivity contribution is 5.81. The first-order valence-electron chi connectivity index (χ1n) is 8.81. The zero-order chi connectivity index (χ0) is 15.8. The highest BCUT2D eigenvalue weighted by Crippen LogP contribution is 2.22. The topological polar surface area (TPSA) is 35.6 Å². The summed E-state index contributed by atoms with van der Waals surface area (Å²) in [6.07, 6.45) is 3.60. The molecule has 0 saturated carbocycles. The fourth-order valence-electron chi connectivity index (χ4n) is 3.30. The van der Waals surface area contributed by atoms with Crippen molar-refractivity contribution in [1.82, 2.24) is 15.1 Å². The number of piperidine rings is 1. The van der Waals surface area contributed by atoms with Crippen LogP contribution in [-0.4, -0.2) is 60.5 Å². The molecule has 1 rings (SSSR count). The van der Waals surface area contributed by atoms with Crippen molar-refractivity contribution in [1.29, 1.82) is 0 Å². The minimum Gasteiger partial charge on any atom is -0.342 e. The Morgan fingerprint density at radius 1 is 1.19 bits per heavy atom. The van der Waals surface area contributed by atoms with E-state index in [0.717, 1.165) is 38.6 Å². The monoisotopic (exact) mass is 297 g/mol. The summed E-state index contributed by atoms with van der Waals surface area (Å²) in [5.74, 6) is 1.04. The quantitative estimate of drug-likeness (QED) is 0.747. The lowest BCUT2D eigenvalue weighted by atomic mass is 9.89. The third-order valence-electron chi connectivity index (χ3n) is 4.98. The fraction of sp³-hybridized carbons (Fsp3) is 0.941. The highest BCUT2D eigenvalue weighted by Gasteiger charge is 2.30. The van der Waals surface area contributed by atoms with E-state index in [2.05, 4.69) is 44.8 Å². The number of amides is 1. The van der Waals surface area contributed by atoms with Gasteiger partial charge in [-0.3, -0.25) is 9.69 Å². The largest absolute Gasteiger partial charge is 0.342 e. The van der Waals surface area contributed by atoms with Crippen LogP contribution in [0.4, 0.5) is 0 Å². The molecule has 0 aromatic heterocycles. The summed E-state index contributed by atoms with van der Waals surface area (Å²) in [5.41, 5.74) is 0. The Morgan fingerprint density at radius 3 is 2.24 bits per heavy atom. The lowest BCUT2D eigenvalue weighted by Crippen LogP contribution is -2.51. The number of nitrogens with one attached hydrogen (secondary N) is 1. The molecule has 0 aromatic rings. The van der Waals surface area contributed by atoms with Crippen LogP contribution in [0.5, 0.6) is 0 Å². The molecule has 0 aromatic carbocycles.